The summed E-state index contributed by atoms with van der Waals surface area (Å²) >= 11 is 9.71. The highest BCUT2D eigenvalue weighted by Crippen LogP contribution is 2.30. The molecule has 2 nitrogen and oxygen atoms in total. The molecule has 0 aliphatic rings. The van der Waals surface area contributed by atoms with Crippen LogP contribution in [0.3, 0.4) is 0 Å². The Balaban J connectivity index is 2.33. The van der Waals surface area contributed by atoms with E-state index in [0.29, 0.717) is 5.15 Å². The van der Waals surface area contributed by atoms with Crippen molar-refractivity contribution < 1.29 is 0 Å². The van der Waals surface area contributed by atoms with Crippen molar-refractivity contribution in [2.24, 2.45) is 0 Å². The Bertz CT molecular complexity index is 676. The molecule has 1 aromatic carbocycles. The Labute approximate surface area is 112 Å². The largest absolute Gasteiger partial charge is 0.276 e. The van der Waals surface area contributed by atoms with Crippen LogP contribution in [-0.4, -0.2) is 9.38 Å². The molecule has 3 aromatic rings. The molecule has 0 saturated carbocycles. The third-order valence-electron chi connectivity index (χ3n) is 2.59. The quantitative estimate of drug-likeness (QED) is 0.608. The Morgan fingerprint density at radius 3 is 2.47 bits per heavy atom. The van der Waals surface area contributed by atoms with Gasteiger partial charge < -0.3 is 0 Å². The molecule has 17 heavy (non-hydrogen) atoms. The third kappa shape index (κ3) is 1.75. The first kappa shape index (κ1) is 10.8. The van der Waals surface area contributed by atoms with E-state index in [9.17, 15) is 0 Å². The predicted molar refractivity (Wildman–Crippen MR) is 73.3 cm³/mol. The monoisotopic (exact) mass is 306 g/mol. The number of hydrogen-bond donors (Lipinski definition) is 0. The summed E-state index contributed by atoms with van der Waals surface area (Å²) in [6.07, 6.45) is 0. The molecular formula is C13H8BrClN2. The van der Waals surface area contributed by atoms with Crippen LogP contribution in [0.15, 0.2) is 53.1 Å². The zero-order valence-corrected chi connectivity index (χ0v) is 11.1. The number of imidazole rings is 1. The highest BCUT2D eigenvalue weighted by molar-refractivity contribution is 9.10. The molecule has 3 rings (SSSR count). The van der Waals surface area contributed by atoms with Crippen LogP contribution in [0.25, 0.3) is 16.9 Å². The van der Waals surface area contributed by atoms with E-state index in [1.165, 1.54) is 0 Å². The number of halogens is 2. The Hall–Kier alpha value is -1.32. The number of fused-ring (bicyclic) bond motifs is 1. The summed E-state index contributed by atoms with van der Waals surface area (Å²) in [7, 11) is 0. The molecule has 2 heterocycles. The first-order valence-corrected chi connectivity index (χ1v) is 6.32. The summed E-state index contributed by atoms with van der Waals surface area (Å²) in [4.78, 5) is 4.57. The fourth-order valence-electron chi connectivity index (χ4n) is 1.80. The van der Waals surface area contributed by atoms with Crippen molar-refractivity contribution in [3.63, 3.8) is 0 Å². The molecule has 84 valence electrons. The van der Waals surface area contributed by atoms with Gasteiger partial charge in [-0.25, -0.2) is 4.98 Å². The molecule has 4 heteroatoms. The smallest absolute Gasteiger partial charge is 0.139 e. The minimum atomic E-state index is 0.643. The van der Waals surface area contributed by atoms with E-state index >= 15 is 0 Å². The van der Waals surface area contributed by atoms with Gasteiger partial charge >= 0.3 is 0 Å². The maximum atomic E-state index is 6.16. The van der Waals surface area contributed by atoms with Gasteiger partial charge in [-0.1, -0.05) is 48.0 Å². The molecule has 0 unspecified atom stereocenters. The number of aromatic nitrogens is 2. The van der Waals surface area contributed by atoms with Crippen LogP contribution in [0.2, 0.25) is 5.15 Å². The Kier molecular flexibility index (Phi) is 2.65. The van der Waals surface area contributed by atoms with E-state index in [1.54, 1.807) is 0 Å². The van der Waals surface area contributed by atoms with Gasteiger partial charge in [0, 0.05) is 5.56 Å². The lowest BCUT2D eigenvalue weighted by molar-refractivity contribution is 1.15. The van der Waals surface area contributed by atoms with E-state index in [2.05, 4.69) is 20.9 Å². The van der Waals surface area contributed by atoms with Crippen molar-refractivity contribution in [3.05, 3.63) is 58.3 Å². The van der Waals surface area contributed by atoms with Gasteiger partial charge in [0.05, 0.1) is 0 Å². The van der Waals surface area contributed by atoms with Crippen molar-refractivity contribution in [2.45, 2.75) is 0 Å². The van der Waals surface area contributed by atoms with Crippen LogP contribution >= 0.6 is 27.5 Å². The van der Waals surface area contributed by atoms with E-state index < -0.39 is 0 Å². The summed E-state index contributed by atoms with van der Waals surface area (Å²) in [6, 6.07) is 15.7. The zero-order valence-electron chi connectivity index (χ0n) is 8.77. The summed E-state index contributed by atoms with van der Waals surface area (Å²) in [6.45, 7) is 0. The van der Waals surface area contributed by atoms with Crippen molar-refractivity contribution in [2.75, 3.05) is 0 Å². The molecule has 0 aliphatic carbocycles. The van der Waals surface area contributed by atoms with Crippen LogP contribution in [0.1, 0.15) is 0 Å². The molecule has 0 N–H and O–H groups in total. The molecule has 0 fully saturated rings. The van der Waals surface area contributed by atoms with Gasteiger partial charge in [-0.05, 0) is 28.1 Å². The van der Waals surface area contributed by atoms with Crippen LogP contribution in [0.4, 0.5) is 0 Å². The van der Waals surface area contributed by atoms with Gasteiger partial charge in [0.15, 0.2) is 0 Å². The zero-order chi connectivity index (χ0) is 11.8. The normalized spacial score (nSPS) is 10.9. The second-order valence-electron chi connectivity index (χ2n) is 3.66. The maximum Gasteiger partial charge on any atom is 0.139 e. The topological polar surface area (TPSA) is 17.3 Å². The second-order valence-corrected chi connectivity index (χ2v) is 4.80. The van der Waals surface area contributed by atoms with Gasteiger partial charge in [-0.15, -0.1) is 0 Å². The predicted octanol–water partition coefficient (Wildman–Crippen LogP) is 4.42. The van der Waals surface area contributed by atoms with Gasteiger partial charge in [0.1, 0.15) is 21.1 Å². The van der Waals surface area contributed by atoms with Crippen LogP contribution in [0.5, 0.6) is 0 Å². The van der Waals surface area contributed by atoms with Crippen molar-refractivity contribution >= 4 is 33.2 Å². The fraction of sp³-hybridized carbons (Fsp3) is 0. The van der Waals surface area contributed by atoms with Gasteiger partial charge in [-0.3, -0.25) is 4.40 Å². The molecule has 0 atom stereocenters. The summed E-state index contributed by atoms with van der Waals surface area (Å²) in [5.41, 5.74) is 2.81. The van der Waals surface area contributed by atoms with E-state index in [4.69, 9.17) is 11.6 Å². The molecule has 0 spiro atoms. The first-order chi connectivity index (χ1) is 8.27. The SMILES string of the molecule is Clc1cccc2nc(-c3ccccc3)c(Br)n12. The number of nitrogens with zero attached hydrogens (tertiary/aromatic N) is 2. The molecule has 2 aromatic heterocycles. The average molecular weight is 308 g/mol. The summed E-state index contributed by atoms with van der Waals surface area (Å²) in [5.74, 6) is 0. The lowest BCUT2D eigenvalue weighted by Crippen LogP contribution is -1.85. The Morgan fingerprint density at radius 2 is 1.76 bits per heavy atom. The second kappa shape index (κ2) is 4.17. The average Bonchev–Trinajstić information content (AvgIpc) is 2.69. The van der Waals surface area contributed by atoms with E-state index in [-0.39, 0.29) is 0 Å². The van der Waals surface area contributed by atoms with Crippen molar-refractivity contribution in [1.29, 1.82) is 0 Å². The highest BCUT2D eigenvalue weighted by Gasteiger charge is 2.12. The van der Waals surface area contributed by atoms with E-state index in [1.807, 2.05) is 52.9 Å². The third-order valence-corrected chi connectivity index (χ3v) is 3.61. The van der Waals surface area contributed by atoms with Crippen LogP contribution in [0, 0.1) is 0 Å². The van der Waals surface area contributed by atoms with Gasteiger partial charge in [0.25, 0.3) is 0 Å². The van der Waals surface area contributed by atoms with Gasteiger partial charge in [-0.2, -0.15) is 0 Å². The lowest BCUT2D eigenvalue weighted by atomic mass is 10.2. The number of benzene rings is 1. The van der Waals surface area contributed by atoms with Crippen LogP contribution < -0.4 is 0 Å². The Morgan fingerprint density at radius 1 is 1.00 bits per heavy atom. The maximum absolute atomic E-state index is 6.16. The summed E-state index contributed by atoms with van der Waals surface area (Å²) < 4.78 is 2.76. The number of rotatable bonds is 1. The minimum absolute atomic E-state index is 0.643. The highest BCUT2D eigenvalue weighted by atomic mass is 79.9. The van der Waals surface area contributed by atoms with Crippen molar-refractivity contribution in [1.82, 2.24) is 9.38 Å². The van der Waals surface area contributed by atoms with Crippen LogP contribution in [-0.2, 0) is 0 Å². The van der Waals surface area contributed by atoms with E-state index in [0.717, 1.165) is 21.5 Å². The molecule has 0 radical (unpaired) electrons. The lowest BCUT2D eigenvalue weighted by Gasteiger charge is -1.99. The first-order valence-electron chi connectivity index (χ1n) is 5.15. The molecule has 0 bridgehead atoms. The minimum Gasteiger partial charge on any atom is -0.276 e. The number of hydrogen-bond acceptors (Lipinski definition) is 1. The summed E-state index contributed by atoms with van der Waals surface area (Å²) in [5, 5.41) is 0.643. The number of pyridine rings is 1. The molecule has 0 aliphatic heterocycles. The molecule has 0 amide bonds. The van der Waals surface area contributed by atoms with Gasteiger partial charge in [0.2, 0.25) is 0 Å². The fourth-order valence-corrected chi connectivity index (χ4v) is 2.84. The van der Waals surface area contributed by atoms with Crippen molar-refractivity contribution in [3.8, 4) is 11.3 Å². The standard InChI is InChI=1S/C13H8BrClN2/c14-13-12(9-5-2-1-3-6-9)16-11-8-4-7-10(15)17(11)13/h1-8H. The molecular weight excluding hydrogens is 300 g/mol. The molecule has 0 saturated heterocycles.